The molecule has 0 saturated carbocycles. The van der Waals surface area contributed by atoms with Gasteiger partial charge < -0.3 is 24.7 Å². The Bertz CT molecular complexity index is 527. The summed E-state index contributed by atoms with van der Waals surface area (Å²) >= 11 is 0. The standard InChI is InChI=1S/C19H34N4O3/c1-6-25-17(15(2)3)10-12-21-19(22-14-18(24)23(4)5)20-11-9-16-8-7-13-26-16/h7-8,13,15,17H,6,9-12,14H2,1-5H3,(H2,20,21,22). The number of amides is 1. The van der Waals surface area contributed by atoms with E-state index in [1.807, 2.05) is 19.1 Å². The maximum atomic E-state index is 11.8. The van der Waals surface area contributed by atoms with Crippen molar-refractivity contribution in [2.24, 2.45) is 10.9 Å². The van der Waals surface area contributed by atoms with Gasteiger partial charge >= 0.3 is 0 Å². The molecule has 26 heavy (non-hydrogen) atoms. The largest absolute Gasteiger partial charge is 0.469 e. The Hall–Kier alpha value is -2.02. The third kappa shape index (κ3) is 8.89. The number of ether oxygens (including phenoxy) is 1. The van der Waals surface area contributed by atoms with E-state index in [1.165, 1.54) is 4.90 Å². The normalized spacial score (nSPS) is 12.9. The molecule has 0 aliphatic carbocycles. The Labute approximate surface area is 157 Å². The van der Waals surface area contributed by atoms with Crippen molar-refractivity contribution in [2.45, 2.75) is 39.7 Å². The molecule has 1 amide bonds. The second kappa shape index (κ2) is 12.4. The second-order valence-corrected chi connectivity index (χ2v) is 6.66. The minimum Gasteiger partial charge on any atom is -0.469 e. The summed E-state index contributed by atoms with van der Waals surface area (Å²) in [6, 6.07) is 3.81. The van der Waals surface area contributed by atoms with Crippen molar-refractivity contribution in [2.75, 3.05) is 40.3 Å². The third-order valence-corrected chi connectivity index (χ3v) is 3.96. The van der Waals surface area contributed by atoms with Crippen LogP contribution >= 0.6 is 0 Å². The van der Waals surface area contributed by atoms with Crippen LogP contribution in [0.1, 0.15) is 33.0 Å². The molecule has 0 aliphatic rings. The van der Waals surface area contributed by atoms with E-state index >= 15 is 0 Å². The van der Waals surface area contributed by atoms with Crippen LogP contribution in [-0.2, 0) is 16.0 Å². The van der Waals surface area contributed by atoms with E-state index in [9.17, 15) is 4.79 Å². The van der Waals surface area contributed by atoms with Gasteiger partial charge in [0.2, 0.25) is 5.91 Å². The highest BCUT2D eigenvalue weighted by molar-refractivity contribution is 5.84. The number of aliphatic imine (C=N–C) groups is 1. The lowest BCUT2D eigenvalue weighted by atomic mass is 10.0. The van der Waals surface area contributed by atoms with Crippen molar-refractivity contribution < 1.29 is 13.9 Å². The number of rotatable bonds is 11. The van der Waals surface area contributed by atoms with E-state index < -0.39 is 0 Å². The van der Waals surface area contributed by atoms with E-state index in [-0.39, 0.29) is 18.6 Å². The van der Waals surface area contributed by atoms with Crippen LogP contribution in [0.4, 0.5) is 0 Å². The van der Waals surface area contributed by atoms with Gasteiger partial charge in [-0.2, -0.15) is 0 Å². The lowest BCUT2D eigenvalue weighted by molar-refractivity contribution is -0.127. The molecule has 1 aromatic rings. The summed E-state index contributed by atoms with van der Waals surface area (Å²) in [5, 5.41) is 6.55. The van der Waals surface area contributed by atoms with Gasteiger partial charge in [0.05, 0.1) is 12.4 Å². The van der Waals surface area contributed by atoms with Crippen molar-refractivity contribution in [1.82, 2.24) is 15.5 Å². The van der Waals surface area contributed by atoms with Crippen LogP contribution in [0.25, 0.3) is 0 Å². The van der Waals surface area contributed by atoms with E-state index in [2.05, 4.69) is 29.5 Å². The smallest absolute Gasteiger partial charge is 0.243 e. The average molecular weight is 367 g/mol. The van der Waals surface area contributed by atoms with Crippen LogP contribution in [0.5, 0.6) is 0 Å². The zero-order valence-corrected chi connectivity index (χ0v) is 16.7. The van der Waals surface area contributed by atoms with Gasteiger partial charge in [0, 0.05) is 40.2 Å². The Morgan fingerprint density at radius 3 is 2.62 bits per heavy atom. The molecule has 1 atom stereocenters. The van der Waals surface area contributed by atoms with Crippen LogP contribution in [0, 0.1) is 5.92 Å². The van der Waals surface area contributed by atoms with E-state index in [4.69, 9.17) is 9.15 Å². The number of hydrogen-bond donors (Lipinski definition) is 2. The number of carbonyl (C=O) groups is 1. The fraction of sp³-hybridized carbons (Fsp3) is 0.684. The van der Waals surface area contributed by atoms with Gasteiger partial charge in [-0.1, -0.05) is 13.8 Å². The summed E-state index contributed by atoms with van der Waals surface area (Å²) in [6.07, 6.45) is 3.51. The van der Waals surface area contributed by atoms with Gasteiger partial charge in [-0.05, 0) is 31.4 Å². The summed E-state index contributed by atoms with van der Waals surface area (Å²) in [6.45, 7) is 8.56. The molecule has 0 aromatic carbocycles. The molecule has 148 valence electrons. The van der Waals surface area contributed by atoms with Crippen molar-refractivity contribution >= 4 is 11.9 Å². The summed E-state index contributed by atoms with van der Waals surface area (Å²) in [5.74, 6) is 1.97. The van der Waals surface area contributed by atoms with Gasteiger partial charge in [0.1, 0.15) is 12.3 Å². The maximum Gasteiger partial charge on any atom is 0.243 e. The molecule has 0 saturated heterocycles. The van der Waals surface area contributed by atoms with Gasteiger partial charge in [-0.15, -0.1) is 0 Å². The third-order valence-electron chi connectivity index (χ3n) is 3.96. The van der Waals surface area contributed by atoms with Crippen molar-refractivity contribution in [3.8, 4) is 0 Å². The molecule has 0 spiro atoms. The molecule has 7 heteroatoms. The molecular formula is C19H34N4O3. The summed E-state index contributed by atoms with van der Waals surface area (Å²) in [4.78, 5) is 17.7. The molecule has 0 bridgehead atoms. The van der Waals surface area contributed by atoms with Crippen molar-refractivity contribution in [3.63, 3.8) is 0 Å². The predicted octanol–water partition coefficient (Wildman–Crippen LogP) is 1.90. The highest BCUT2D eigenvalue weighted by Crippen LogP contribution is 2.09. The van der Waals surface area contributed by atoms with Crippen LogP contribution in [0.2, 0.25) is 0 Å². The van der Waals surface area contributed by atoms with Crippen LogP contribution in [-0.4, -0.2) is 63.2 Å². The van der Waals surface area contributed by atoms with Crippen LogP contribution in [0.3, 0.4) is 0 Å². The Morgan fingerprint density at radius 1 is 1.31 bits per heavy atom. The monoisotopic (exact) mass is 366 g/mol. The van der Waals surface area contributed by atoms with Gasteiger partial charge in [-0.25, -0.2) is 4.99 Å². The number of nitrogens with zero attached hydrogens (tertiary/aromatic N) is 2. The predicted molar refractivity (Wildman–Crippen MR) is 104 cm³/mol. The van der Waals surface area contributed by atoms with Crippen molar-refractivity contribution in [3.05, 3.63) is 24.2 Å². The Morgan fingerprint density at radius 2 is 2.04 bits per heavy atom. The number of guanidine groups is 1. The molecule has 0 fully saturated rings. The first kappa shape index (κ1) is 22.0. The van der Waals surface area contributed by atoms with Crippen LogP contribution < -0.4 is 10.6 Å². The first-order valence-corrected chi connectivity index (χ1v) is 9.30. The first-order chi connectivity index (χ1) is 12.4. The SMILES string of the molecule is CCOC(CCNC(=NCC(=O)N(C)C)NCCc1ccco1)C(C)C. The van der Waals surface area contributed by atoms with E-state index in [0.29, 0.717) is 25.0 Å². The fourth-order valence-electron chi connectivity index (χ4n) is 2.38. The highest BCUT2D eigenvalue weighted by atomic mass is 16.5. The molecule has 0 aliphatic heterocycles. The molecule has 0 radical (unpaired) electrons. The summed E-state index contributed by atoms with van der Waals surface area (Å²) < 4.78 is 11.1. The number of likely N-dealkylation sites (N-methyl/N-ethyl adjacent to an activating group) is 1. The van der Waals surface area contributed by atoms with Gasteiger partial charge in [0.15, 0.2) is 5.96 Å². The highest BCUT2D eigenvalue weighted by Gasteiger charge is 2.13. The zero-order chi connectivity index (χ0) is 19.4. The molecule has 7 nitrogen and oxygen atoms in total. The van der Waals surface area contributed by atoms with Crippen LogP contribution in [0.15, 0.2) is 27.8 Å². The molecule has 2 N–H and O–H groups in total. The van der Waals surface area contributed by atoms with E-state index in [0.717, 1.165) is 25.1 Å². The Balaban J connectivity index is 2.52. The minimum atomic E-state index is -0.0356. The molecule has 1 unspecified atom stereocenters. The average Bonchev–Trinajstić information content (AvgIpc) is 3.11. The van der Waals surface area contributed by atoms with E-state index in [1.54, 1.807) is 20.4 Å². The maximum absolute atomic E-state index is 11.8. The van der Waals surface area contributed by atoms with Gasteiger partial charge in [-0.3, -0.25) is 4.79 Å². The van der Waals surface area contributed by atoms with Gasteiger partial charge in [0.25, 0.3) is 0 Å². The number of carbonyl (C=O) groups excluding carboxylic acids is 1. The Kier molecular flexibility index (Phi) is 10.5. The fourth-order valence-corrected chi connectivity index (χ4v) is 2.38. The summed E-state index contributed by atoms with van der Waals surface area (Å²) in [7, 11) is 3.45. The topological polar surface area (TPSA) is 79.1 Å². The second-order valence-electron chi connectivity index (χ2n) is 6.66. The number of nitrogens with one attached hydrogen (secondary N) is 2. The molecule has 1 rings (SSSR count). The first-order valence-electron chi connectivity index (χ1n) is 9.30. The molecular weight excluding hydrogens is 332 g/mol. The zero-order valence-electron chi connectivity index (χ0n) is 16.7. The molecule has 1 heterocycles. The lowest BCUT2D eigenvalue weighted by Crippen LogP contribution is -2.41. The molecule has 1 aromatic heterocycles. The quantitative estimate of drug-likeness (QED) is 0.462. The number of furan rings is 1. The lowest BCUT2D eigenvalue weighted by Gasteiger charge is -2.21. The number of hydrogen-bond acceptors (Lipinski definition) is 4. The van der Waals surface area contributed by atoms with Crippen molar-refractivity contribution in [1.29, 1.82) is 0 Å². The summed E-state index contributed by atoms with van der Waals surface area (Å²) in [5.41, 5.74) is 0. The minimum absolute atomic E-state index is 0.0356.